The molecule has 1 amide bonds. The number of benzene rings is 3. The van der Waals surface area contributed by atoms with Crippen LogP contribution in [0.3, 0.4) is 0 Å². The molecule has 1 aromatic heterocycles. The molecule has 10 heteroatoms. The van der Waals surface area contributed by atoms with Crippen molar-refractivity contribution in [2.45, 2.75) is 17.9 Å². The van der Waals surface area contributed by atoms with E-state index >= 15 is 0 Å². The maximum absolute atomic E-state index is 13.3. The molecule has 0 saturated carbocycles. The number of amides is 1. The monoisotopic (exact) mass is 560 g/mol. The highest BCUT2D eigenvalue weighted by molar-refractivity contribution is 7.93. The van der Waals surface area contributed by atoms with Crippen LogP contribution in [0.5, 0.6) is 11.5 Å². The van der Waals surface area contributed by atoms with Gasteiger partial charge < -0.3 is 14.4 Å². The van der Waals surface area contributed by atoms with Crippen molar-refractivity contribution in [1.29, 1.82) is 0 Å². The number of fused-ring (bicyclic) bond motifs is 1. The molecule has 1 aliphatic heterocycles. The van der Waals surface area contributed by atoms with Gasteiger partial charge in [0.05, 0.1) is 19.7 Å². The van der Waals surface area contributed by atoms with Gasteiger partial charge in [0.1, 0.15) is 16.4 Å². The number of anilines is 1. The average Bonchev–Trinajstić information content (AvgIpc) is 3.22. The molecule has 3 aromatic carbocycles. The Balaban J connectivity index is 1.23. The van der Waals surface area contributed by atoms with Gasteiger partial charge in [0.15, 0.2) is 0 Å². The van der Waals surface area contributed by atoms with Crippen LogP contribution in [0.1, 0.15) is 22.3 Å². The Labute approximate surface area is 234 Å². The van der Waals surface area contributed by atoms with Crippen molar-refractivity contribution in [1.82, 2.24) is 14.8 Å². The maximum Gasteiger partial charge on any atom is 0.264 e. The second-order valence-corrected chi connectivity index (χ2v) is 11.3. The first-order valence-electron chi connectivity index (χ1n) is 13.1. The van der Waals surface area contributed by atoms with Crippen LogP contribution in [-0.2, 0) is 16.6 Å². The van der Waals surface area contributed by atoms with Crippen molar-refractivity contribution in [3.8, 4) is 11.5 Å². The van der Waals surface area contributed by atoms with Gasteiger partial charge >= 0.3 is 0 Å². The van der Waals surface area contributed by atoms with E-state index in [9.17, 15) is 13.2 Å². The van der Waals surface area contributed by atoms with E-state index in [4.69, 9.17) is 9.47 Å². The fraction of sp³-hybridized carbons (Fsp3) is 0.267. The fourth-order valence-electron chi connectivity index (χ4n) is 4.95. The van der Waals surface area contributed by atoms with Gasteiger partial charge in [0.2, 0.25) is 0 Å². The molecule has 40 heavy (non-hydrogen) atoms. The minimum absolute atomic E-state index is 0.0755. The Bertz CT molecular complexity index is 1600. The van der Waals surface area contributed by atoms with Crippen molar-refractivity contribution in [2.24, 2.45) is 0 Å². The van der Waals surface area contributed by atoms with E-state index < -0.39 is 10.0 Å². The van der Waals surface area contributed by atoms with E-state index in [1.54, 1.807) is 56.8 Å². The number of rotatable bonds is 8. The lowest BCUT2D eigenvalue weighted by Gasteiger charge is -2.23. The Hall–Kier alpha value is -4.15. The summed E-state index contributed by atoms with van der Waals surface area (Å²) in [6.07, 6.45) is 2.41. The molecule has 1 aliphatic rings. The Morgan fingerprint density at radius 3 is 2.50 bits per heavy atom. The second-order valence-electron chi connectivity index (χ2n) is 9.61. The van der Waals surface area contributed by atoms with Gasteiger partial charge in [0, 0.05) is 61.1 Å². The molecule has 1 N–H and O–H groups in total. The average molecular weight is 561 g/mol. The van der Waals surface area contributed by atoms with Gasteiger partial charge in [-0.1, -0.05) is 18.2 Å². The van der Waals surface area contributed by atoms with E-state index in [1.807, 2.05) is 35.2 Å². The number of sulfonamides is 1. The van der Waals surface area contributed by atoms with E-state index in [-0.39, 0.29) is 10.8 Å². The zero-order valence-corrected chi connectivity index (χ0v) is 23.4. The van der Waals surface area contributed by atoms with E-state index in [0.717, 1.165) is 42.0 Å². The van der Waals surface area contributed by atoms with Crippen molar-refractivity contribution >= 4 is 32.5 Å². The molecule has 0 spiro atoms. The summed E-state index contributed by atoms with van der Waals surface area (Å²) in [6, 6.07) is 20.9. The predicted molar refractivity (Wildman–Crippen MR) is 154 cm³/mol. The van der Waals surface area contributed by atoms with Crippen molar-refractivity contribution < 1.29 is 22.7 Å². The van der Waals surface area contributed by atoms with Gasteiger partial charge in [-0.05, 0) is 61.0 Å². The van der Waals surface area contributed by atoms with Gasteiger partial charge in [-0.2, -0.15) is 0 Å². The first kappa shape index (κ1) is 27.4. The van der Waals surface area contributed by atoms with Crippen LogP contribution in [0, 0.1) is 0 Å². The molecule has 2 heterocycles. The van der Waals surface area contributed by atoms with E-state index in [0.29, 0.717) is 36.4 Å². The third kappa shape index (κ3) is 6.03. The number of hydrogen-bond acceptors (Lipinski definition) is 7. The third-order valence-electron chi connectivity index (χ3n) is 7.03. The number of methoxy groups -OCH3 is 2. The van der Waals surface area contributed by atoms with Crippen LogP contribution in [0.4, 0.5) is 5.69 Å². The number of pyridine rings is 1. The Morgan fingerprint density at radius 1 is 0.925 bits per heavy atom. The smallest absolute Gasteiger partial charge is 0.264 e. The molecule has 1 fully saturated rings. The minimum Gasteiger partial charge on any atom is -0.497 e. The second kappa shape index (κ2) is 11.9. The van der Waals surface area contributed by atoms with E-state index in [1.165, 1.54) is 6.07 Å². The summed E-state index contributed by atoms with van der Waals surface area (Å²) in [5, 5.41) is 0.741. The predicted octanol–water partition coefficient (Wildman–Crippen LogP) is 4.40. The number of carbonyl (C=O) groups excluding carboxylic acids is 1. The molecular weight excluding hydrogens is 528 g/mol. The number of aromatic nitrogens is 1. The minimum atomic E-state index is -3.87. The highest BCUT2D eigenvalue weighted by Gasteiger charge is 2.22. The van der Waals surface area contributed by atoms with Gasteiger partial charge in [0.25, 0.3) is 15.9 Å². The lowest BCUT2D eigenvalue weighted by atomic mass is 10.1. The van der Waals surface area contributed by atoms with Crippen LogP contribution in [0.25, 0.3) is 10.9 Å². The van der Waals surface area contributed by atoms with Crippen molar-refractivity contribution in [3.63, 3.8) is 0 Å². The van der Waals surface area contributed by atoms with Crippen molar-refractivity contribution in [2.75, 3.05) is 45.1 Å². The number of carbonyl (C=O) groups is 1. The van der Waals surface area contributed by atoms with Crippen LogP contribution >= 0.6 is 0 Å². The van der Waals surface area contributed by atoms with Gasteiger partial charge in [-0.3, -0.25) is 19.4 Å². The summed E-state index contributed by atoms with van der Waals surface area (Å²) in [7, 11) is -0.568. The first-order valence-corrected chi connectivity index (χ1v) is 14.6. The van der Waals surface area contributed by atoms with Crippen LogP contribution in [0.2, 0.25) is 0 Å². The zero-order valence-electron chi connectivity index (χ0n) is 22.5. The molecule has 0 unspecified atom stereocenters. The summed E-state index contributed by atoms with van der Waals surface area (Å²) >= 11 is 0. The topological polar surface area (TPSA) is 101 Å². The standard InChI is InChI=1S/C30H32N4O5S/c1-38-26-13-14-27(39-2)24(20-26)21-33-16-5-17-34(19-18-33)30(35)23-9-11-25(12-10-23)32-40(36,37)28-8-3-6-22-7-4-15-31-29(22)28/h3-4,6-15,20,32H,5,16-19,21H2,1-2H3. The molecule has 0 radical (unpaired) electrons. The summed E-state index contributed by atoms with van der Waals surface area (Å²) < 4.78 is 39.7. The van der Waals surface area contributed by atoms with Gasteiger partial charge in [-0.25, -0.2) is 8.42 Å². The van der Waals surface area contributed by atoms with Crippen molar-refractivity contribution in [3.05, 3.63) is 90.1 Å². The molecule has 208 valence electrons. The van der Waals surface area contributed by atoms with Gasteiger partial charge in [-0.15, -0.1) is 0 Å². The number of nitrogens with zero attached hydrogens (tertiary/aromatic N) is 3. The lowest BCUT2D eigenvalue weighted by molar-refractivity contribution is 0.0761. The lowest BCUT2D eigenvalue weighted by Crippen LogP contribution is -2.35. The molecule has 0 atom stereocenters. The molecule has 0 aliphatic carbocycles. The summed E-state index contributed by atoms with van der Waals surface area (Å²) in [5.74, 6) is 1.51. The highest BCUT2D eigenvalue weighted by atomic mass is 32.2. The summed E-state index contributed by atoms with van der Waals surface area (Å²) in [5.41, 5.74) is 2.33. The molecule has 1 saturated heterocycles. The Morgan fingerprint density at radius 2 is 1.73 bits per heavy atom. The molecule has 9 nitrogen and oxygen atoms in total. The largest absolute Gasteiger partial charge is 0.497 e. The number of hydrogen-bond donors (Lipinski definition) is 1. The SMILES string of the molecule is COc1ccc(OC)c(CN2CCCN(C(=O)c3ccc(NS(=O)(=O)c4cccc5cccnc45)cc3)CC2)c1. The third-order valence-corrected chi connectivity index (χ3v) is 8.44. The van der Waals surface area contributed by atoms with Crippen LogP contribution in [0.15, 0.2) is 83.9 Å². The summed E-state index contributed by atoms with van der Waals surface area (Å²) in [4.78, 5) is 21.8. The van der Waals surface area contributed by atoms with E-state index in [2.05, 4.69) is 14.6 Å². The van der Waals surface area contributed by atoms with Crippen LogP contribution < -0.4 is 14.2 Å². The first-order chi connectivity index (χ1) is 19.4. The number of para-hydroxylation sites is 1. The Kier molecular flexibility index (Phi) is 8.18. The van der Waals surface area contributed by atoms with Crippen LogP contribution in [-0.4, -0.2) is 69.5 Å². The maximum atomic E-state index is 13.3. The molecule has 4 aromatic rings. The molecule has 5 rings (SSSR count). The fourth-order valence-corrected chi connectivity index (χ4v) is 6.18. The number of ether oxygens (including phenoxy) is 2. The molecule has 0 bridgehead atoms. The zero-order chi connectivity index (χ0) is 28.1. The number of nitrogens with one attached hydrogen (secondary N) is 1. The highest BCUT2D eigenvalue weighted by Crippen LogP contribution is 2.26. The normalized spacial score (nSPS) is 14.5. The molecular formula is C30H32N4O5S. The quantitative estimate of drug-likeness (QED) is 0.341. The summed E-state index contributed by atoms with van der Waals surface area (Å²) in [6.45, 7) is 3.51.